The number of aliphatic hydroxyl groups excluding tert-OH is 4. The van der Waals surface area contributed by atoms with Crippen LogP contribution in [0.2, 0.25) is 0 Å². The number of carboxylic acids is 1. The van der Waals surface area contributed by atoms with Gasteiger partial charge in [-0.15, -0.1) is 0 Å². The zero-order valence-corrected chi connectivity index (χ0v) is 21.9. The predicted molar refractivity (Wildman–Crippen MR) is 141 cm³/mol. The number of hydrogen-bond acceptors (Lipinski definition) is 10. The van der Waals surface area contributed by atoms with Crippen LogP contribution in [0, 0.1) is 0 Å². The number of benzene rings is 2. The van der Waals surface area contributed by atoms with Gasteiger partial charge in [-0.25, -0.2) is 9.59 Å². The average Bonchev–Trinajstić information content (AvgIpc) is 3.26. The number of rotatable bonds is 12. The van der Waals surface area contributed by atoms with Gasteiger partial charge < -0.3 is 45.1 Å². The van der Waals surface area contributed by atoms with Crippen LogP contribution >= 0.6 is 11.8 Å². The lowest BCUT2D eigenvalue weighted by Crippen LogP contribution is -2.59. The number of alkyl carbamates (subject to hydrolysis) is 1. The van der Waals surface area contributed by atoms with Gasteiger partial charge in [0.1, 0.15) is 37.1 Å². The van der Waals surface area contributed by atoms with E-state index in [4.69, 9.17) is 14.2 Å². The lowest BCUT2D eigenvalue weighted by molar-refractivity contribution is -0.300. The number of carbonyl (C=O) groups is 2. The number of nitrogens with one attached hydrogen (secondary N) is 1. The van der Waals surface area contributed by atoms with Crippen LogP contribution in [-0.2, 0) is 19.0 Å². The maximum Gasteiger partial charge on any atom is 0.407 e. The lowest BCUT2D eigenvalue weighted by atomic mass is 9.98. The van der Waals surface area contributed by atoms with E-state index in [1.807, 2.05) is 48.5 Å². The molecule has 11 nitrogen and oxygen atoms in total. The third-order valence-corrected chi connectivity index (χ3v) is 7.93. The summed E-state index contributed by atoms with van der Waals surface area (Å²) in [6.45, 7) is -0.351. The zero-order chi connectivity index (χ0) is 27.9. The molecule has 0 unspecified atom stereocenters. The van der Waals surface area contributed by atoms with E-state index >= 15 is 0 Å². The molecule has 1 fully saturated rings. The number of carboxylic acid groups (broad SMARTS) is 1. The van der Waals surface area contributed by atoms with Crippen molar-refractivity contribution in [3.05, 3.63) is 59.7 Å². The summed E-state index contributed by atoms with van der Waals surface area (Å²) in [5, 5.41) is 50.8. The highest BCUT2D eigenvalue weighted by atomic mass is 32.2. The van der Waals surface area contributed by atoms with Crippen molar-refractivity contribution >= 4 is 23.8 Å². The Labute approximate surface area is 229 Å². The minimum Gasteiger partial charge on any atom is -0.480 e. The van der Waals surface area contributed by atoms with Gasteiger partial charge in [0.2, 0.25) is 0 Å². The first-order valence-electron chi connectivity index (χ1n) is 12.7. The highest BCUT2D eigenvalue weighted by Gasteiger charge is 2.43. The number of aliphatic carboxylic acids is 1. The van der Waals surface area contributed by atoms with Crippen molar-refractivity contribution in [1.82, 2.24) is 5.32 Å². The van der Waals surface area contributed by atoms with Crippen LogP contribution < -0.4 is 5.32 Å². The molecule has 1 aliphatic carbocycles. The number of hydrogen-bond donors (Lipinski definition) is 6. The third kappa shape index (κ3) is 6.90. The van der Waals surface area contributed by atoms with E-state index in [1.54, 1.807) is 0 Å². The fraction of sp³-hybridized carbons (Fsp3) is 0.481. The zero-order valence-electron chi connectivity index (χ0n) is 21.1. The molecular weight excluding hydrogens is 530 g/mol. The van der Waals surface area contributed by atoms with Crippen molar-refractivity contribution in [2.75, 3.05) is 31.3 Å². The first kappa shape index (κ1) is 29.3. The average molecular weight is 564 g/mol. The quantitative estimate of drug-likeness (QED) is 0.203. The van der Waals surface area contributed by atoms with Gasteiger partial charge in [-0.1, -0.05) is 48.5 Å². The first-order chi connectivity index (χ1) is 18.8. The molecule has 0 bridgehead atoms. The molecule has 6 N–H and O–H groups in total. The summed E-state index contributed by atoms with van der Waals surface area (Å²) in [6.07, 6.45) is -7.08. The van der Waals surface area contributed by atoms with Gasteiger partial charge in [0.15, 0.2) is 6.29 Å². The fourth-order valence-corrected chi connectivity index (χ4v) is 5.67. The molecule has 2 aromatic rings. The van der Waals surface area contributed by atoms with Crippen LogP contribution in [0.4, 0.5) is 4.79 Å². The molecule has 2 aliphatic rings. The Hall–Kier alpha value is -2.71. The predicted octanol–water partition coefficient (Wildman–Crippen LogP) is 0.918. The van der Waals surface area contributed by atoms with Crippen molar-refractivity contribution < 1.29 is 49.3 Å². The largest absolute Gasteiger partial charge is 0.480 e. The second kappa shape index (κ2) is 13.6. The Morgan fingerprint density at radius 3 is 2.23 bits per heavy atom. The normalized spacial score (nSPS) is 25.0. The van der Waals surface area contributed by atoms with E-state index < -0.39 is 55.4 Å². The minimum absolute atomic E-state index is 0.0780. The summed E-state index contributed by atoms with van der Waals surface area (Å²) < 4.78 is 16.1. The Kier molecular flexibility index (Phi) is 10.2. The van der Waals surface area contributed by atoms with Crippen LogP contribution in [0.1, 0.15) is 23.5 Å². The van der Waals surface area contributed by atoms with Gasteiger partial charge in [0.25, 0.3) is 0 Å². The molecule has 6 atom stereocenters. The first-order valence-corrected chi connectivity index (χ1v) is 13.8. The van der Waals surface area contributed by atoms with Gasteiger partial charge in [0.05, 0.1) is 13.2 Å². The van der Waals surface area contributed by atoms with E-state index in [0.717, 1.165) is 22.3 Å². The molecule has 212 valence electrons. The summed E-state index contributed by atoms with van der Waals surface area (Å²) in [7, 11) is 0. The molecule has 12 heteroatoms. The van der Waals surface area contributed by atoms with Gasteiger partial charge in [-0.2, -0.15) is 11.8 Å². The SMILES string of the molecule is O=C(N[C@@H](CSCCCO[C@H]1O[C@H](CO)[C@@H](O)[C@H](O)[C@@H]1O)C(=O)O)OCC1c2ccccc2-c2ccccc21. The molecule has 4 rings (SSSR count). The van der Waals surface area contributed by atoms with Crippen LogP contribution in [0.15, 0.2) is 48.5 Å². The van der Waals surface area contributed by atoms with Gasteiger partial charge >= 0.3 is 12.1 Å². The summed E-state index contributed by atoms with van der Waals surface area (Å²) >= 11 is 1.29. The van der Waals surface area contributed by atoms with E-state index in [9.17, 15) is 35.1 Å². The summed E-state index contributed by atoms with van der Waals surface area (Å²) in [5.74, 6) is -0.745. The molecule has 1 aliphatic heterocycles. The van der Waals surface area contributed by atoms with Crippen molar-refractivity contribution in [2.45, 2.75) is 49.1 Å². The van der Waals surface area contributed by atoms with Crippen LogP contribution in [0.25, 0.3) is 11.1 Å². The monoisotopic (exact) mass is 563 g/mol. The minimum atomic E-state index is -1.52. The highest BCUT2D eigenvalue weighted by molar-refractivity contribution is 7.99. The van der Waals surface area contributed by atoms with Crippen LogP contribution in [0.3, 0.4) is 0 Å². The van der Waals surface area contributed by atoms with Crippen molar-refractivity contribution in [2.24, 2.45) is 0 Å². The van der Waals surface area contributed by atoms with Crippen molar-refractivity contribution in [3.8, 4) is 11.1 Å². The summed E-state index contributed by atoms with van der Waals surface area (Å²) in [6, 6.07) is 14.7. The Balaban J connectivity index is 1.19. The van der Waals surface area contributed by atoms with Gasteiger partial charge in [-0.3, -0.25) is 0 Å². The molecule has 1 heterocycles. The Morgan fingerprint density at radius 2 is 1.62 bits per heavy atom. The smallest absolute Gasteiger partial charge is 0.407 e. The van der Waals surface area contributed by atoms with Gasteiger partial charge in [-0.05, 0) is 34.4 Å². The second-order valence-electron chi connectivity index (χ2n) is 9.36. The molecule has 2 aromatic carbocycles. The molecule has 0 saturated carbocycles. The maximum atomic E-state index is 12.5. The van der Waals surface area contributed by atoms with Crippen LogP contribution in [-0.4, -0.2) is 106 Å². The number of aliphatic hydroxyl groups is 4. The summed E-state index contributed by atoms with van der Waals surface area (Å²) in [5.41, 5.74) is 4.31. The molecule has 0 radical (unpaired) electrons. The Morgan fingerprint density at radius 1 is 0.974 bits per heavy atom. The standard InChI is InChI=1S/C27H33NO10S/c29-12-21-22(30)23(31)24(32)26(38-21)36-10-5-11-39-14-20(25(33)34)28-27(35)37-13-19-17-8-3-1-6-15(17)16-7-2-4-9-18(16)19/h1-4,6-9,19-24,26,29-32H,5,10-14H2,(H,28,35)(H,33,34)/t20-,21+,22+,23-,24-,26-/m0/s1. The molecule has 1 saturated heterocycles. The number of thioether (sulfide) groups is 1. The number of amides is 1. The third-order valence-electron chi connectivity index (χ3n) is 6.78. The molecule has 1 amide bonds. The highest BCUT2D eigenvalue weighted by Crippen LogP contribution is 2.44. The van der Waals surface area contributed by atoms with Gasteiger partial charge in [0, 0.05) is 11.7 Å². The number of ether oxygens (including phenoxy) is 3. The topological polar surface area (TPSA) is 175 Å². The van der Waals surface area contributed by atoms with E-state index in [0.29, 0.717) is 12.2 Å². The van der Waals surface area contributed by atoms with Crippen molar-refractivity contribution in [1.29, 1.82) is 0 Å². The fourth-order valence-electron chi connectivity index (χ4n) is 4.72. The summed E-state index contributed by atoms with van der Waals surface area (Å²) in [4.78, 5) is 24.1. The van der Waals surface area contributed by atoms with Crippen LogP contribution in [0.5, 0.6) is 0 Å². The molecule has 0 aromatic heterocycles. The second-order valence-corrected chi connectivity index (χ2v) is 10.5. The van der Waals surface area contributed by atoms with E-state index in [-0.39, 0.29) is 24.9 Å². The lowest BCUT2D eigenvalue weighted by Gasteiger charge is -2.39. The maximum absolute atomic E-state index is 12.5. The Bertz CT molecular complexity index is 1090. The van der Waals surface area contributed by atoms with Crippen molar-refractivity contribution in [3.63, 3.8) is 0 Å². The molecular formula is C27H33NO10S. The number of fused-ring (bicyclic) bond motifs is 3. The molecule has 0 spiro atoms. The number of carbonyl (C=O) groups excluding carboxylic acids is 1. The van der Waals surface area contributed by atoms with E-state index in [1.165, 1.54) is 11.8 Å². The molecule has 39 heavy (non-hydrogen) atoms. The van der Waals surface area contributed by atoms with E-state index in [2.05, 4.69) is 5.32 Å².